The highest BCUT2D eigenvalue weighted by Gasteiger charge is 2.27. The third kappa shape index (κ3) is 1.67. The van der Waals surface area contributed by atoms with Gasteiger partial charge in [-0.2, -0.15) is 0 Å². The Morgan fingerprint density at radius 2 is 2.09 bits per heavy atom. The predicted molar refractivity (Wildman–Crippen MR) is 39.1 cm³/mol. The first-order chi connectivity index (χ1) is 5.25. The molecule has 0 bridgehead atoms. The maximum Gasteiger partial charge on any atom is 0.307 e. The van der Waals surface area contributed by atoms with Gasteiger partial charge in [-0.05, 0) is 12.8 Å². The largest absolute Gasteiger partial charge is 0.481 e. The minimum Gasteiger partial charge on any atom is -0.481 e. The van der Waals surface area contributed by atoms with Crippen molar-refractivity contribution in [2.45, 2.75) is 12.8 Å². The van der Waals surface area contributed by atoms with Gasteiger partial charge in [0.25, 0.3) is 0 Å². The van der Waals surface area contributed by atoms with Gasteiger partial charge in [0, 0.05) is 5.92 Å². The minimum atomic E-state index is -0.869. The molecule has 0 aromatic rings. The molecular weight excluding hydrogens is 144 g/mol. The fraction of sp³-hybridized carbons (Fsp3) is 0.500. The highest BCUT2D eigenvalue weighted by Crippen LogP contribution is 2.23. The fourth-order valence-electron chi connectivity index (χ4n) is 1.27. The minimum absolute atomic E-state index is 0.322. The molecule has 0 aromatic carbocycles. The summed E-state index contributed by atoms with van der Waals surface area (Å²) >= 11 is 0. The smallest absolute Gasteiger partial charge is 0.307 e. The quantitative estimate of drug-likeness (QED) is 0.474. The molecule has 2 atom stereocenters. The second kappa shape index (κ2) is 3.32. The highest BCUT2D eigenvalue weighted by atomic mass is 16.4. The topological polar surface area (TPSA) is 54.4 Å². The fourth-order valence-corrected chi connectivity index (χ4v) is 1.27. The number of aldehydes is 1. The first-order valence-electron chi connectivity index (χ1n) is 3.59. The number of carboxylic acids is 1. The van der Waals surface area contributed by atoms with E-state index in [1.165, 1.54) is 0 Å². The van der Waals surface area contributed by atoms with Crippen LogP contribution in [0.2, 0.25) is 0 Å². The van der Waals surface area contributed by atoms with Crippen LogP contribution in [-0.2, 0) is 9.59 Å². The lowest BCUT2D eigenvalue weighted by Gasteiger charge is -2.19. The van der Waals surface area contributed by atoms with Gasteiger partial charge in [-0.1, -0.05) is 12.2 Å². The first kappa shape index (κ1) is 7.98. The maximum absolute atomic E-state index is 10.5. The summed E-state index contributed by atoms with van der Waals surface area (Å²) in [7, 11) is 0. The lowest BCUT2D eigenvalue weighted by molar-refractivity contribution is -0.145. The lowest BCUT2D eigenvalue weighted by atomic mass is 9.84. The van der Waals surface area contributed by atoms with E-state index in [0.717, 1.165) is 6.29 Å². The zero-order valence-electron chi connectivity index (χ0n) is 6.06. The zero-order chi connectivity index (χ0) is 8.27. The molecule has 0 amide bonds. The van der Waals surface area contributed by atoms with E-state index < -0.39 is 11.9 Å². The second-order valence-electron chi connectivity index (χ2n) is 2.69. The van der Waals surface area contributed by atoms with Crippen LogP contribution < -0.4 is 0 Å². The van der Waals surface area contributed by atoms with Crippen LogP contribution >= 0.6 is 0 Å². The van der Waals surface area contributed by atoms with E-state index in [2.05, 4.69) is 0 Å². The lowest BCUT2D eigenvalue weighted by Crippen LogP contribution is -2.25. The molecule has 1 aliphatic rings. The van der Waals surface area contributed by atoms with Gasteiger partial charge in [-0.15, -0.1) is 0 Å². The third-order valence-electron chi connectivity index (χ3n) is 1.97. The van der Waals surface area contributed by atoms with E-state index >= 15 is 0 Å². The standard InChI is InChI=1S/C8H10O3/c9-5-6-3-1-2-4-7(6)8(10)11/h1-2,5-7H,3-4H2,(H,10,11). The van der Waals surface area contributed by atoms with Crippen molar-refractivity contribution in [3.05, 3.63) is 12.2 Å². The van der Waals surface area contributed by atoms with Crippen LogP contribution in [0.15, 0.2) is 12.2 Å². The molecule has 0 spiro atoms. The van der Waals surface area contributed by atoms with Crippen molar-refractivity contribution in [1.82, 2.24) is 0 Å². The molecule has 0 aliphatic heterocycles. The van der Waals surface area contributed by atoms with Crippen LogP contribution in [0.4, 0.5) is 0 Å². The summed E-state index contributed by atoms with van der Waals surface area (Å²) in [5.74, 6) is -1.69. The van der Waals surface area contributed by atoms with E-state index in [4.69, 9.17) is 5.11 Å². The van der Waals surface area contributed by atoms with Gasteiger partial charge in [-0.25, -0.2) is 0 Å². The first-order valence-corrected chi connectivity index (χ1v) is 3.59. The van der Waals surface area contributed by atoms with Gasteiger partial charge >= 0.3 is 5.97 Å². The average Bonchev–Trinajstić information content (AvgIpc) is 2.04. The van der Waals surface area contributed by atoms with Crippen molar-refractivity contribution in [2.75, 3.05) is 0 Å². The molecule has 1 aliphatic carbocycles. The number of rotatable bonds is 2. The molecule has 3 heteroatoms. The molecule has 3 nitrogen and oxygen atoms in total. The van der Waals surface area contributed by atoms with Crippen molar-refractivity contribution < 1.29 is 14.7 Å². The molecule has 60 valence electrons. The van der Waals surface area contributed by atoms with E-state index in [0.29, 0.717) is 12.8 Å². The molecule has 0 radical (unpaired) electrons. The Balaban J connectivity index is 2.68. The second-order valence-corrected chi connectivity index (χ2v) is 2.69. The monoisotopic (exact) mass is 154 g/mol. The summed E-state index contributed by atoms with van der Waals surface area (Å²) < 4.78 is 0. The molecule has 0 saturated heterocycles. The Kier molecular flexibility index (Phi) is 2.41. The van der Waals surface area contributed by atoms with Gasteiger partial charge in [0.15, 0.2) is 0 Å². The SMILES string of the molecule is O=CC1CC=CCC1C(=O)O. The van der Waals surface area contributed by atoms with E-state index in [9.17, 15) is 9.59 Å². The summed E-state index contributed by atoms with van der Waals surface area (Å²) in [4.78, 5) is 20.9. The summed E-state index contributed by atoms with van der Waals surface area (Å²) in [5.41, 5.74) is 0. The summed E-state index contributed by atoms with van der Waals surface area (Å²) in [6.07, 6.45) is 5.47. The number of carbonyl (C=O) groups is 2. The van der Waals surface area contributed by atoms with Gasteiger partial charge in [0.1, 0.15) is 6.29 Å². The predicted octanol–water partition coefficient (Wildman–Crippen LogP) is 0.852. The van der Waals surface area contributed by atoms with E-state index in [1.807, 2.05) is 12.2 Å². The number of carbonyl (C=O) groups excluding carboxylic acids is 1. The summed E-state index contributed by atoms with van der Waals surface area (Å²) in [6.45, 7) is 0. The number of hydrogen-bond donors (Lipinski definition) is 1. The zero-order valence-corrected chi connectivity index (χ0v) is 6.06. The van der Waals surface area contributed by atoms with Crippen LogP contribution in [0.1, 0.15) is 12.8 Å². The molecule has 0 heterocycles. The summed E-state index contributed by atoms with van der Waals surface area (Å²) in [6, 6.07) is 0. The number of carboxylic acid groups (broad SMARTS) is 1. The third-order valence-corrected chi connectivity index (χ3v) is 1.97. The highest BCUT2D eigenvalue weighted by molar-refractivity contribution is 5.75. The Labute approximate surface area is 64.7 Å². The Morgan fingerprint density at radius 3 is 2.55 bits per heavy atom. The molecule has 1 N–H and O–H groups in total. The number of aliphatic carboxylic acids is 1. The molecule has 1 rings (SSSR count). The Hall–Kier alpha value is -1.12. The van der Waals surface area contributed by atoms with Crippen LogP contribution in [-0.4, -0.2) is 17.4 Å². The van der Waals surface area contributed by atoms with E-state index in [-0.39, 0.29) is 5.92 Å². The van der Waals surface area contributed by atoms with Crippen LogP contribution in [0, 0.1) is 11.8 Å². The van der Waals surface area contributed by atoms with Crippen molar-refractivity contribution in [3.8, 4) is 0 Å². The van der Waals surface area contributed by atoms with Crippen LogP contribution in [0.5, 0.6) is 0 Å². The van der Waals surface area contributed by atoms with Crippen LogP contribution in [0.3, 0.4) is 0 Å². The Morgan fingerprint density at radius 1 is 1.45 bits per heavy atom. The number of hydrogen-bond acceptors (Lipinski definition) is 2. The number of allylic oxidation sites excluding steroid dienone is 2. The Bertz CT molecular complexity index is 196. The molecule has 0 aromatic heterocycles. The molecule has 11 heavy (non-hydrogen) atoms. The molecular formula is C8H10O3. The molecule has 0 fully saturated rings. The van der Waals surface area contributed by atoms with Crippen molar-refractivity contribution in [2.24, 2.45) is 11.8 Å². The van der Waals surface area contributed by atoms with E-state index in [1.54, 1.807) is 0 Å². The summed E-state index contributed by atoms with van der Waals surface area (Å²) in [5, 5.41) is 8.65. The van der Waals surface area contributed by atoms with Crippen molar-refractivity contribution >= 4 is 12.3 Å². The van der Waals surface area contributed by atoms with Gasteiger partial charge in [0.2, 0.25) is 0 Å². The average molecular weight is 154 g/mol. The van der Waals surface area contributed by atoms with Gasteiger partial charge < -0.3 is 9.90 Å². The normalized spacial score (nSPS) is 29.8. The van der Waals surface area contributed by atoms with Crippen molar-refractivity contribution in [1.29, 1.82) is 0 Å². The van der Waals surface area contributed by atoms with Crippen LogP contribution in [0.25, 0.3) is 0 Å². The van der Waals surface area contributed by atoms with Gasteiger partial charge in [0.05, 0.1) is 5.92 Å². The van der Waals surface area contributed by atoms with Gasteiger partial charge in [-0.3, -0.25) is 4.79 Å². The maximum atomic E-state index is 10.5. The molecule has 2 unspecified atom stereocenters. The molecule has 0 saturated carbocycles. The van der Waals surface area contributed by atoms with Crippen molar-refractivity contribution in [3.63, 3.8) is 0 Å².